The summed E-state index contributed by atoms with van der Waals surface area (Å²) in [5, 5.41) is 11.0. The molecule has 1 heterocycles. The van der Waals surface area contributed by atoms with Crippen LogP contribution in [0.4, 0.5) is 0 Å². The quantitative estimate of drug-likeness (QED) is 0.720. The van der Waals surface area contributed by atoms with E-state index in [1.165, 1.54) is 4.90 Å². The first-order valence-corrected chi connectivity index (χ1v) is 9.84. The summed E-state index contributed by atoms with van der Waals surface area (Å²) in [6.07, 6.45) is 0.480. The van der Waals surface area contributed by atoms with Gasteiger partial charge in [-0.25, -0.2) is 4.79 Å². The Balaban J connectivity index is 2.11. The van der Waals surface area contributed by atoms with Gasteiger partial charge >= 0.3 is 5.97 Å². The summed E-state index contributed by atoms with van der Waals surface area (Å²) in [6.45, 7) is 1.72. The maximum absolute atomic E-state index is 12.8. The SMILES string of the molecule is CCC[C@H](C(=O)O)N1C(=O)CO[C@H](c2ccc(Cl)cc2)[C@@H]1c1ccc(Cl)cc1. The van der Waals surface area contributed by atoms with Crippen LogP contribution in [0.2, 0.25) is 10.0 Å². The zero-order chi connectivity index (χ0) is 20.3. The van der Waals surface area contributed by atoms with Crippen LogP contribution in [-0.2, 0) is 14.3 Å². The standard InChI is InChI=1S/C21H21Cl2NO4/c1-2-3-17(21(26)27)24-18(25)12-28-20(14-6-10-16(23)11-7-14)19(24)13-4-8-15(22)9-5-13/h4-11,17,19-20H,2-3,12H2,1H3,(H,26,27)/t17-,19+,20-/m1/s1. The van der Waals surface area contributed by atoms with E-state index in [2.05, 4.69) is 0 Å². The van der Waals surface area contributed by atoms with Crippen LogP contribution < -0.4 is 0 Å². The third-order valence-corrected chi connectivity index (χ3v) is 5.36. The van der Waals surface area contributed by atoms with Gasteiger partial charge < -0.3 is 14.7 Å². The highest BCUT2D eigenvalue weighted by atomic mass is 35.5. The van der Waals surface area contributed by atoms with E-state index in [1.54, 1.807) is 36.4 Å². The summed E-state index contributed by atoms with van der Waals surface area (Å²) in [5.74, 6) is -1.36. The minimum absolute atomic E-state index is 0.176. The molecular formula is C21H21Cl2NO4. The lowest BCUT2D eigenvalue weighted by atomic mass is 9.91. The van der Waals surface area contributed by atoms with Crippen molar-refractivity contribution in [3.8, 4) is 0 Å². The van der Waals surface area contributed by atoms with Crippen molar-refractivity contribution < 1.29 is 19.4 Å². The first kappa shape index (κ1) is 20.6. The fraction of sp³-hybridized carbons (Fsp3) is 0.333. The van der Waals surface area contributed by atoms with Crippen LogP contribution in [0.5, 0.6) is 0 Å². The predicted molar refractivity (Wildman–Crippen MR) is 108 cm³/mol. The van der Waals surface area contributed by atoms with Crippen LogP contribution in [0.3, 0.4) is 0 Å². The lowest BCUT2D eigenvalue weighted by molar-refractivity contribution is -0.171. The Bertz CT molecular complexity index is 838. The van der Waals surface area contributed by atoms with E-state index in [0.717, 1.165) is 11.1 Å². The third-order valence-electron chi connectivity index (χ3n) is 4.85. The lowest BCUT2D eigenvalue weighted by Crippen LogP contribution is -2.53. The molecule has 148 valence electrons. The average molecular weight is 422 g/mol. The number of carboxylic acids is 1. The molecule has 2 aromatic carbocycles. The number of rotatable bonds is 6. The molecule has 2 aromatic rings. The van der Waals surface area contributed by atoms with Gasteiger partial charge in [-0.1, -0.05) is 60.8 Å². The number of nitrogens with zero attached hydrogens (tertiary/aromatic N) is 1. The highest BCUT2D eigenvalue weighted by Gasteiger charge is 2.44. The minimum atomic E-state index is -1.02. The monoisotopic (exact) mass is 421 g/mol. The lowest BCUT2D eigenvalue weighted by Gasteiger charge is -2.44. The largest absolute Gasteiger partial charge is 0.480 e. The summed E-state index contributed by atoms with van der Waals surface area (Å²) in [4.78, 5) is 26.2. The highest BCUT2D eigenvalue weighted by molar-refractivity contribution is 6.30. The molecule has 0 bridgehead atoms. The van der Waals surface area contributed by atoms with Crippen LogP contribution in [0.15, 0.2) is 48.5 Å². The highest BCUT2D eigenvalue weighted by Crippen LogP contribution is 2.42. The second-order valence-electron chi connectivity index (χ2n) is 6.72. The third kappa shape index (κ3) is 4.32. The van der Waals surface area contributed by atoms with Crippen LogP contribution in [0, 0.1) is 0 Å². The maximum Gasteiger partial charge on any atom is 0.326 e. The molecule has 1 saturated heterocycles. The van der Waals surface area contributed by atoms with Gasteiger partial charge in [0.1, 0.15) is 18.8 Å². The Morgan fingerprint density at radius 2 is 1.64 bits per heavy atom. The van der Waals surface area contributed by atoms with Crippen LogP contribution in [0.1, 0.15) is 43.0 Å². The summed E-state index contributed by atoms with van der Waals surface area (Å²) >= 11 is 12.0. The molecule has 0 radical (unpaired) electrons. The van der Waals surface area contributed by atoms with E-state index in [0.29, 0.717) is 22.9 Å². The van der Waals surface area contributed by atoms with E-state index in [4.69, 9.17) is 27.9 Å². The molecule has 0 unspecified atom stereocenters. The molecule has 28 heavy (non-hydrogen) atoms. The maximum atomic E-state index is 12.8. The zero-order valence-electron chi connectivity index (χ0n) is 15.3. The van der Waals surface area contributed by atoms with Crippen LogP contribution >= 0.6 is 23.2 Å². The molecule has 1 fully saturated rings. The van der Waals surface area contributed by atoms with E-state index in [1.807, 2.05) is 19.1 Å². The number of carbonyl (C=O) groups excluding carboxylic acids is 1. The molecule has 5 nitrogen and oxygen atoms in total. The Morgan fingerprint density at radius 3 is 2.14 bits per heavy atom. The number of carbonyl (C=O) groups is 2. The summed E-state index contributed by atoms with van der Waals surface area (Å²) in [5.41, 5.74) is 1.59. The summed E-state index contributed by atoms with van der Waals surface area (Å²) < 4.78 is 5.89. The second kappa shape index (κ2) is 8.95. The van der Waals surface area contributed by atoms with Crippen LogP contribution in [0.25, 0.3) is 0 Å². The van der Waals surface area contributed by atoms with Crippen molar-refractivity contribution in [2.45, 2.75) is 38.0 Å². The Kier molecular flexibility index (Phi) is 6.60. The number of amides is 1. The smallest absolute Gasteiger partial charge is 0.326 e. The van der Waals surface area contributed by atoms with Gasteiger partial charge in [0, 0.05) is 10.0 Å². The molecule has 1 amide bonds. The molecule has 1 aliphatic rings. The molecule has 0 aliphatic carbocycles. The number of hydrogen-bond acceptors (Lipinski definition) is 3. The average Bonchev–Trinajstić information content (AvgIpc) is 2.67. The van der Waals surface area contributed by atoms with Gasteiger partial charge in [0.15, 0.2) is 0 Å². The number of hydrogen-bond donors (Lipinski definition) is 1. The molecule has 3 rings (SSSR count). The van der Waals surface area contributed by atoms with Gasteiger partial charge in [-0.3, -0.25) is 4.79 Å². The number of halogens is 2. The number of aliphatic carboxylic acids is 1. The molecule has 7 heteroatoms. The second-order valence-corrected chi connectivity index (χ2v) is 7.60. The van der Waals surface area contributed by atoms with Crippen molar-refractivity contribution in [1.29, 1.82) is 0 Å². The number of benzene rings is 2. The van der Waals surface area contributed by atoms with Gasteiger partial charge in [-0.2, -0.15) is 0 Å². The van der Waals surface area contributed by atoms with Crippen molar-refractivity contribution in [1.82, 2.24) is 4.90 Å². The van der Waals surface area contributed by atoms with E-state index < -0.39 is 24.2 Å². The normalized spacial score (nSPS) is 20.8. The molecular weight excluding hydrogens is 401 g/mol. The summed E-state index contributed by atoms with van der Waals surface area (Å²) in [7, 11) is 0. The molecule has 1 aliphatic heterocycles. The summed E-state index contributed by atoms with van der Waals surface area (Å²) in [6, 6.07) is 12.7. The van der Waals surface area contributed by atoms with E-state index in [9.17, 15) is 14.7 Å². The fourth-order valence-electron chi connectivity index (χ4n) is 3.58. The van der Waals surface area contributed by atoms with Crippen molar-refractivity contribution in [2.75, 3.05) is 6.61 Å². The first-order valence-electron chi connectivity index (χ1n) is 9.09. The van der Waals surface area contributed by atoms with Crippen molar-refractivity contribution in [3.63, 3.8) is 0 Å². The van der Waals surface area contributed by atoms with Gasteiger partial charge in [-0.05, 0) is 41.8 Å². The number of ether oxygens (including phenoxy) is 1. The molecule has 0 aromatic heterocycles. The number of morpholine rings is 1. The molecule has 1 N–H and O–H groups in total. The topological polar surface area (TPSA) is 66.8 Å². The van der Waals surface area contributed by atoms with Gasteiger partial charge in [0.05, 0.1) is 6.04 Å². The Morgan fingerprint density at radius 1 is 1.11 bits per heavy atom. The van der Waals surface area contributed by atoms with Gasteiger partial charge in [0.2, 0.25) is 5.91 Å². The van der Waals surface area contributed by atoms with Gasteiger partial charge in [-0.15, -0.1) is 0 Å². The minimum Gasteiger partial charge on any atom is -0.480 e. The Labute approximate surface area is 173 Å². The zero-order valence-corrected chi connectivity index (χ0v) is 16.9. The van der Waals surface area contributed by atoms with Crippen molar-refractivity contribution in [2.24, 2.45) is 0 Å². The molecule has 3 atom stereocenters. The van der Waals surface area contributed by atoms with Crippen molar-refractivity contribution in [3.05, 3.63) is 69.7 Å². The van der Waals surface area contributed by atoms with Crippen LogP contribution in [-0.4, -0.2) is 34.5 Å². The molecule has 0 saturated carbocycles. The fourth-order valence-corrected chi connectivity index (χ4v) is 3.83. The Hall–Kier alpha value is -2.08. The van der Waals surface area contributed by atoms with E-state index in [-0.39, 0.29) is 12.5 Å². The predicted octanol–water partition coefficient (Wildman–Crippen LogP) is 4.89. The van der Waals surface area contributed by atoms with E-state index >= 15 is 0 Å². The van der Waals surface area contributed by atoms with Crippen molar-refractivity contribution >= 4 is 35.1 Å². The number of carboxylic acid groups (broad SMARTS) is 1. The molecule has 0 spiro atoms. The van der Waals surface area contributed by atoms with Gasteiger partial charge in [0.25, 0.3) is 0 Å². The first-order chi connectivity index (χ1) is 13.4.